The lowest BCUT2D eigenvalue weighted by Crippen LogP contribution is -2.52. The van der Waals surface area contributed by atoms with E-state index in [2.05, 4.69) is 0 Å². The summed E-state index contributed by atoms with van der Waals surface area (Å²) in [5.41, 5.74) is 4.65. The number of hydrogen-bond acceptors (Lipinski definition) is 11. The highest BCUT2D eigenvalue weighted by Crippen LogP contribution is 2.31. The molecule has 1 rings (SSSR count). The summed E-state index contributed by atoms with van der Waals surface area (Å²) in [6, 6.07) is 4.04. The first-order valence-corrected chi connectivity index (χ1v) is 11.5. The Kier molecular flexibility index (Phi) is 12.0. The van der Waals surface area contributed by atoms with Gasteiger partial charge in [0.1, 0.15) is 17.7 Å². The molecular formula is C24H35NO11. The molecule has 3 atom stereocenters. The second-order valence-corrected chi connectivity index (χ2v) is 8.44. The van der Waals surface area contributed by atoms with Gasteiger partial charge in [0.15, 0.2) is 11.5 Å². The molecule has 0 aliphatic rings. The molecule has 0 fully saturated rings. The molecule has 0 saturated heterocycles. The molecule has 1 aromatic carbocycles. The Bertz CT molecular complexity index is 917. The Hall–Kier alpha value is -3.54. The summed E-state index contributed by atoms with van der Waals surface area (Å²) in [5, 5.41) is 9.82. The lowest BCUT2D eigenvalue weighted by Gasteiger charge is -2.28. The molecule has 0 radical (unpaired) electrons. The maximum absolute atomic E-state index is 12.1. The number of aliphatic carboxylic acids is 1. The van der Waals surface area contributed by atoms with E-state index in [0.717, 1.165) is 0 Å². The second kappa shape index (κ2) is 14.1. The molecule has 0 aliphatic heterocycles. The third-order valence-electron chi connectivity index (χ3n) is 5.03. The first-order valence-electron chi connectivity index (χ1n) is 11.5. The number of rotatable bonds is 12. The van der Waals surface area contributed by atoms with Crippen LogP contribution in [-0.2, 0) is 30.2 Å². The van der Waals surface area contributed by atoms with Gasteiger partial charge >= 0.3 is 24.4 Å². The van der Waals surface area contributed by atoms with Gasteiger partial charge in [-0.3, -0.25) is 4.79 Å². The molecule has 0 heterocycles. The molecule has 36 heavy (non-hydrogen) atoms. The number of carbonyl (C=O) groups excluding carboxylic acids is 3. The normalized spacial score (nSPS) is 14.1. The van der Waals surface area contributed by atoms with Crippen LogP contribution in [0.5, 0.6) is 11.5 Å². The second-order valence-electron chi connectivity index (χ2n) is 8.44. The van der Waals surface area contributed by atoms with Gasteiger partial charge in [0.2, 0.25) is 0 Å². The Morgan fingerprint density at radius 3 is 1.94 bits per heavy atom. The van der Waals surface area contributed by atoms with Crippen LogP contribution in [0.4, 0.5) is 14.4 Å². The molecule has 2 unspecified atom stereocenters. The van der Waals surface area contributed by atoms with Gasteiger partial charge in [-0.1, -0.05) is 19.9 Å². The molecule has 0 saturated carbocycles. The average Bonchev–Trinajstić information content (AvgIpc) is 2.75. The van der Waals surface area contributed by atoms with Crippen molar-refractivity contribution in [2.24, 2.45) is 11.7 Å². The molecule has 1 aromatic rings. The first kappa shape index (κ1) is 30.5. The number of carboxylic acid groups (broad SMARTS) is 1. The van der Waals surface area contributed by atoms with Crippen LogP contribution in [0.25, 0.3) is 0 Å². The van der Waals surface area contributed by atoms with Crippen LogP contribution in [0, 0.1) is 5.92 Å². The molecule has 0 amide bonds. The van der Waals surface area contributed by atoms with Crippen molar-refractivity contribution in [3.63, 3.8) is 0 Å². The number of ether oxygens (including phenoxy) is 6. The summed E-state index contributed by atoms with van der Waals surface area (Å²) in [7, 11) is 0. The summed E-state index contributed by atoms with van der Waals surface area (Å²) in [4.78, 5) is 47.6. The Morgan fingerprint density at radius 1 is 0.889 bits per heavy atom. The van der Waals surface area contributed by atoms with E-state index in [9.17, 15) is 24.3 Å². The number of nitrogens with two attached hydrogens (primary N) is 1. The van der Waals surface area contributed by atoms with Crippen molar-refractivity contribution in [2.75, 3.05) is 13.2 Å². The van der Waals surface area contributed by atoms with Crippen molar-refractivity contribution in [1.29, 1.82) is 0 Å². The Morgan fingerprint density at radius 2 is 1.44 bits per heavy atom. The molecule has 202 valence electrons. The highest BCUT2D eigenvalue weighted by Gasteiger charge is 2.37. The van der Waals surface area contributed by atoms with Gasteiger partial charge in [-0.25, -0.2) is 14.4 Å². The standard InChI is InChI=1S/C24H35NO11/c1-7-31-21(28)35-18-10-9-17(11-19(18)36-22(29)32-8-2)13-24(25,20(26)27)12-15(5)33-23(30)34-16(6)14(3)4/h9-11,14-16H,7-8,12-13,25H2,1-6H3,(H,26,27)/t15-,16?,24?/m0/s1. The van der Waals surface area contributed by atoms with Gasteiger partial charge < -0.3 is 39.3 Å². The molecule has 0 bridgehead atoms. The summed E-state index contributed by atoms with van der Waals surface area (Å²) in [6.45, 7) is 10.2. The largest absolute Gasteiger partial charge is 0.513 e. The van der Waals surface area contributed by atoms with Gasteiger partial charge in [0.25, 0.3) is 0 Å². The summed E-state index contributed by atoms with van der Waals surface area (Å²) in [5.74, 6) is -1.63. The minimum Gasteiger partial charge on any atom is -0.480 e. The predicted octanol–water partition coefficient (Wildman–Crippen LogP) is 4.06. The molecule has 0 aliphatic carbocycles. The Labute approximate surface area is 209 Å². The molecular weight excluding hydrogens is 478 g/mol. The van der Waals surface area contributed by atoms with Crippen LogP contribution >= 0.6 is 0 Å². The Balaban J connectivity index is 3.09. The van der Waals surface area contributed by atoms with Crippen LogP contribution in [0.1, 0.15) is 53.5 Å². The fourth-order valence-corrected chi connectivity index (χ4v) is 2.93. The third-order valence-corrected chi connectivity index (χ3v) is 5.03. The highest BCUT2D eigenvalue weighted by atomic mass is 16.7. The van der Waals surface area contributed by atoms with Crippen LogP contribution < -0.4 is 15.2 Å². The van der Waals surface area contributed by atoms with Crippen molar-refractivity contribution >= 4 is 24.4 Å². The van der Waals surface area contributed by atoms with E-state index < -0.39 is 36.1 Å². The van der Waals surface area contributed by atoms with Crippen LogP contribution in [-0.4, -0.2) is 60.5 Å². The molecule has 0 aromatic heterocycles. The fraction of sp³-hybridized carbons (Fsp3) is 0.583. The van der Waals surface area contributed by atoms with Crippen molar-refractivity contribution in [1.82, 2.24) is 0 Å². The van der Waals surface area contributed by atoms with Crippen molar-refractivity contribution in [3.8, 4) is 11.5 Å². The van der Waals surface area contributed by atoms with Crippen LogP contribution in [0.2, 0.25) is 0 Å². The van der Waals surface area contributed by atoms with E-state index in [-0.39, 0.29) is 49.6 Å². The van der Waals surface area contributed by atoms with Gasteiger partial charge in [0.05, 0.1) is 13.2 Å². The minimum atomic E-state index is -1.87. The minimum absolute atomic E-state index is 0.0355. The van der Waals surface area contributed by atoms with Gasteiger partial charge in [-0.2, -0.15) is 0 Å². The van der Waals surface area contributed by atoms with E-state index >= 15 is 0 Å². The molecule has 12 heteroatoms. The van der Waals surface area contributed by atoms with Crippen molar-refractivity contribution < 1.29 is 52.7 Å². The van der Waals surface area contributed by atoms with E-state index in [1.165, 1.54) is 25.1 Å². The smallest absolute Gasteiger partial charge is 0.480 e. The topological polar surface area (TPSA) is 170 Å². The van der Waals surface area contributed by atoms with Crippen LogP contribution in [0.15, 0.2) is 18.2 Å². The first-order chi connectivity index (χ1) is 16.8. The number of hydrogen-bond donors (Lipinski definition) is 2. The maximum atomic E-state index is 12.1. The maximum Gasteiger partial charge on any atom is 0.513 e. The monoisotopic (exact) mass is 513 g/mol. The van der Waals surface area contributed by atoms with E-state index in [0.29, 0.717) is 5.56 Å². The van der Waals surface area contributed by atoms with Crippen molar-refractivity contribution in [2.45, 2.75) is 72.1 Å². The quantitative estimate of drug-likeness (QED) is 0.234. The summed E-state index contributed by atoms with van der Waals surface area (Å²) >= 11 is 0. The zero-order chi connectivity index (χ0) is 27.5. The molecule has 12 nitrogen and oxygen atoms in total. The van der Waals surface area contributed by atoms with E-state index in [1.807, 2.05) is 13.8 Å². The SMILES string of the molecule is CCOC(=O)Oc1ccc(CC(N)(C[C@H](C)OC(=O)OC(C)C(C)C)C(=O)O)cc1OC(=O)OCC. The lowest BCUT2D eigenvalue weighted by molar-refractivity contribution is -0.144. The van der Waals surface area contributed by atoms with Gasteiger partial charge in [0, 0.05) is 12.8 Å². The average molecular weight is 514 g/mol. The van der Waals surface area contributed by atoms with Crippen molar-refractivity contribution in [3.05, 3.63) is 23.8 Å². The van der Waals surface area contributed by atoms with Gasteiger partial charge in [-0.15, -0.1) is 0 Å². The number of carboxylic acids is 1. The molecule has 3 N–H and O–H groups in total. The highest BCUT2D eigenvalue weighted by molar-refractivity contribution is 5.79. The number of carbonyl (C=O) groups is 4. The van der Waals surface area contributed by atoms with E-state index in [4.69, 9.17) is 34.2 Å². The predicted molar refractivity (Wildman–Crippen MR) is 126 cm³/mol. The lowest BCUT2D eigenvalue weighted by atomic mass is 9.86. The molecule has 0 spiro atoms. The third kappa shape index (κ3) is 9.98. The summed E-state index contributed by atoms with van der Waals surface area (Å²) < 4.78 is 30.0. The van der Waals surface area contributed by atoms with Gasteiger partial charge in [-0.05, 0) is 51.3 Å². The fourth-order valence-electron chi connectivity index (χ4n) is 2.93. The zero-order valence-electron chi connectivity index (χ0n) is 21.4. The summed E-state index contributed by atoms with van der Waals surface area (Å²) in [6.07, 6.45) is -4.78. The zero-order valence-corrected chi connectivity index (χ0v) is 21.4. The number of benzene rings is 1. The van der Waals surface area contributed by atoms with E-state index in [1.54, 1.807) is 20.8 Å². The van der Waals surface area contributed by atoms with Crippen LogP contribution in [0.3, 0.4) is 0 Å².